The lowest BCUT2D eigenvalue weighted by molar-refractivity contribution is 0.279. The van der Waals surface area contributed by atoms with Crippen LogP contribution in [0.15, 0.2) is 42.7 Å². The first-order valence-corrected chi connectivity index (χ1v) is 6.52. The van der Waals surface area contributed by atoms with Crippen LogP contribution in [-0.2, 0) is 6.42 Å². The number of hydrogen-bond donors (Lipinski definition) is 0. The molecular weight excluding hydrogens is 252 g/mol. The summed E-state index contributed by atoms with van der Waals surface area (Å²) in [4.78, 5) is 3.98. The van der Waals surface area contributed by atoms with Crippen LogP contribution in [0.25, 0.3) is 0 Å². The molecule has 0 bridgehead atoms. The molecule has 0 radical (unpaired) electrons. The molecule has 0 aliphatic carbocycles. The lowest BCUT2D eigenvalue weighted by Crippen LogP contribution is -2.04. The quantitative estimate of drug-likeness (QED) is 0.808. The molecule has 2 aromatic rings. The van der Waals surface area contributed by atoms with Gasteiger partial charge in [-0.15, -0.1) is 0 Å². The summed E-state index contributed by atoms with van der Waals surface area (Å²) in [6.07, 6.45) is 4.33. The molecule has 1 heterocycles. The van der Waals surface area contributed by atoms with Crippen molar-refractivity contribution in [2.45, 2.75) is 13.3 Å². The second-order valence-corrected chi connectivity index (χ2v) is 4.16. The Morgan fingerprint density at radius 2 is 1.90 bits per heavy atom. The second kappa shape index (κ2) is 7.15. The molecular formula is C16H16N2O2. The highest BCUT2D eigenvalue weighted by Crippen LogP contribution is 2.28. The third-order valence-electron chi connectivity index (χ3n) is 2.77. The molecule has 20 heavy (non-hydrogen) atoms. The number of hydrogen-bond acceptors (Lipinski definition) is 4. The minimum Gasteiger partial charge on any atom is -0.490 e. The van der Waals surface area contributed by atoms with Gasteiger partial charge in [-0.2, -0.15) is 5.26 Å². The SMILES string of the molecule is CCOc1cc(C#N)ccc1OCCc1ccncc1. The summed E-state index contributed by atoms with van der Waals surface area (Å²) in [6, 6.07) is 11.2. The summed E-state index contributed by atoms with van der Waals surface area (Å²) in [6.45, 7) is 2.99. The van der Waals surface area contributed by atoms with E-state index < -0.39 is 0 Å². The van der Waals surface area contributed by atoms with Crippen molar-refractivity contribution in [3.8, 4) is 17.6 Å². The molecule has 0 saturated heterocycles. The van der Waals surface area contributed by atoms with Gasteiger partial charge in [0.1, 0.15) is 0 Å². The lowest BCUT2D eigenvalue weighted by Gasteiger charge is -2.12. The smallest absolute Gasteiger partial charge is 0.162 e. The first kappa shape index (κ1) is 13.9. The highest BCUT2D eigenvalue weighted by atomic mass is 16.5. The van der Waals surface area contributed by atoms with Gasteiger partial charge >= 0.3 is 0 Å². The maximum Gasteiger partial charge on any atom is 0.162 e. The van der Waals surface area contributed by atoms with Gasteiger partial charge in [0.25, 0.3) is 0 Å². The van der Waals surface area contributed by atoms with Gasteiger partial charge in [-0.1, -0.05) is 0 Å². The van der Waals surface area contributed by atoms with Crippen LogP contribution in [-0.4, -0.2) is 18.2 Å². The zero-order valence-electron chi connectivity index (χ0n) is 11.4. The fraction of sp³-hybridized carbons (Fsp3) is 0.250. The van der Waals surface area contributed by atoms with E-state index in [2.05, 4.69) is 11.1 Å². The Labute approximate surface area is 118 Å². The standard InChI is InChI=1S/C16H16N2O2/c1-2-19-16-11-14(12-17)3-4-15(16)20-10-7-13-5-8-18-9-6-13/h3-6,8-9,11H,2,7,10H2,1H3. The van der Waals surface area contributed by atoms with E-state index >= 15 is 0 Å². The van der Waals surface area contributed by atoms with Gasteiger partial charge < -0.3 is 9.47 Å². The number of benzene rings is 1. The van der Waals surface area contributed by atoms with E-state index in [0.717, 1.165) is 6.42 Å². The van der Waals surface area contributed by atoms with Crippen molar-refractivity contribution in [3.63, 3.8) is 0 Å². The number of rotatable bonds is 6. The molecule has 4 heteroatoms. The van der Waals surface area contributed by atoms with E-state index in [1.807, 2.05) is 19.1 Å². The number of pyridine rings is 1. The van der Waals surface area contributed by atoms with E-state index in [0.29, 0.717) is 30.3 Å². The summed E-state index contributed by atoms with van der Waals surface area (Å²) in [5.74, 6) is 1.28. The van der Waals surface area contributed by atoms with Gasteiger partial charge in [0, 0.05) is 24.9 Å². The van der Waals surface area contributed by atoms with Gasteiger partial charge in [-0.25, -0.2) is 0 Å². The van der Waals surface area contributed by atoms with Crippen LogP contribution in [0.5, 0.6) is 11.5 Å². The molecule has 0 atom stereocenters. The molecule has 1 aromatic carbocycles. The Kier molecular flexibility index (Phi) is 4.96. The fourth-order valence-electron chi connectivity index (χ4n) is 1.79. The van der Waals surface area contributed by atoms with Crippen molar-refractivity contribution in [1.29, 1.82) is 5.26 Å². The maximum absolute atomic E-state index is 8.89. The molecule has 0 spiro atoms. The van der Waals surface area contributed by atoms with Crippen molar-refractivity contribution in [2.24, 2.45) is 0 Å². The van der Waals surface area contributed by atoms with Gasteiger partial charge in [0.15, 0.2) is 11.5 Å². The number of nitrogens with zero attached hydrogens (tertiary/aromatic N) is 2. The van der Waals surface area contributed by atoms with Crippen molar-refractivity contribution < 1.29 is 9.47 Å². The Morgan fingerprint density at radius 1 is 1.10 bits per heavy atom. The van der Waals surface area contributed by atoms with Crippen LogP contribution < -0.4 is 9.47 Å². The van der Waals surface area contributed by atoms with Crippen molar-refractivity contribution in [3.05, 3.63) is 53.9 Å². The summed E-state index contributed by atoms with van der Waals surface area (Å²) < 4.78 is 11.2. The topological polar surface area (TPSA) is 55.1 Å². The second-order valence-electron chi connectivity index (χ2n) is 4.16. The van der Waals surface area contributed by atoms with Crippen LogP contribution in [0, 0.1) is 11.3 Å². The van der Waals surface area contributed by atoms with Gasteiger partial charge in [0.05, 0.1) is 24.8 Å². The Balaban J connectivity index is 2.00. The maximum atomic E-state index is 8.89. The summed E-state index contributed by atoms with van der Waals surface area (Å²) in [7, 11) is 0. The molecule has 4 nitrogen and oxygen atoms in total. The number of aromatic nitrogens is 1. The van der Waals surface area contributed by atoms with Crippen LogP contribution in [0.3, 0.4) is 0 Å². The molecule has 0 amide bonds. The molecule has 0 unspecified atom stereocenters. The van der Waals surface area contributed by atoms with Gasteiger partial charge in [0.2, 0.25) is 0 Å². The first-order valence-electron chi connectivity index (χ1n) is 6.52. The molecule has 0 fully saturated rings. The average Bonchev–Trinajstić information content (AvgIpc) is 2.50. The Hall–Kier alpha value is -2.54. The monoisotopic (exact) mass is 268 g/mol. The molecule has 0 N–H and O–H groups in total. The van der Waals surface area contributed by atoms with Crippen molar-refractivity contribution in [1.82, 2.24) is 4.98 Å². The van der Waals surface area contributed by atoms with Gasteiger partial charge in [-0.3, -0.25) is 4.98 Å². The van der Waals surface area contributed by atoms with Crippen molar-refractivity contribution in [2.75, 3.05) is 13.2 Å². The number of ether oxygens (including phenoxy) is 2. The van der Waals surface area contributed by atoms with Gasteiger partial charge in [-0.05, 0) is 36.8 Å². The van der Waals surface area contributed by atoms with E-state index in [1.54, 1.807) is 30.6 Å². The molecule has 0 saturated carbocycles. The molecule has 2 rings (SSSR count). The molecule has 0 aliphatic rings. The van der Waals surface area contributed by atoms with Crippen molar-refractivity contribution >= 4 is 0 Å². The van der Waals surface area contributed by atoms with E-state index in [9.17, 15) is 0 Å². The van der Waals surface area contributed by atoms with Crippen LogP contribution in [0.2, 0.25) is 0 Å². The zero-order valence-corrected chi connectivity index (χ0v) is 11.4. The predicted octanol–water partition coefficient (Wildman–Crippen LogP) is 2.97. The Morgan fingerprint density at radius 3 is 2.60 bits per heavy atom. The zero-order chi connectivity index (χ0) is 14.2. The summed E-state index contributed by atoms with van der Waals surface area (Å²) in [5, 5.41) is 8.89. The summed E-state index contributed by atoms with van der Waals surface area (Å²) in [5.41, 5.74) is 1.74. The molecule has 102 valence electrons. The third-order valence-corrected chi connectivity index (χ3v) is 2.77. The fourth-order valence-corrected chi connectivity index (χ4v) is 1.79. The minimum atomic E-state index is 0.537. The lowest BCUT2D eigenvalue weighted by atomic mass is 10.2. The first-order chi connectivity index (χ1) is 9.83. The highest BCUT2D eigenvalue weighted by molar-refractivity contribution is 5.46. The number of nitriles is 1. The molecule has 0 aliphatic heterocycles. The average molecular weight is 268 g/mol. The van der Waals surface area contributed by atoms with E-state index in [1.165, 1.54) is 5.56 Å². The minimum absolute atomic E-state index is 0.537. The predicted molar refractivity (Wildman–Crippen MR) is 75.8 cm³/mol. The van der Waals surface area contributed by atoms with E-state index in [-0.39, 0.29) is 0 Å². The molecule has 1 aromatic heterocycles. The van der Waals surface area contributed by atoms with E-state index in [4.69, 9.17) is 14.7 Å². The normalized spacial score (nSPS) is 9.80. The van der Waals surface area contributed by atoms with Crippen LogP contribution >= 0.6 is 0 Å². The summed E-state index contributed by atoms with van der Waals surface area (Å²) >= 11 is 0. The third kappa shape index (κ3) is 3.72. The highest BCUT2D eigenvalue weighted by Gasteiger charge is 2.06. The van der Waals surface area contributed by atoms with Crippen LogP contribution in [0.4, 0.5) is 0 Å². The largest absolute Gasteiger partial charge is 0.490 e. The Bertz CT molecular complexity index is 591. The van der Waals surface area contributed by atoms with Crippen LogP contribution in [0.1, 0.15) is 18.1 Å².